The van der Waals surface area contributed by atoms with Crippen molar-refractivity contribution in [1.82, 2.24) is 0 Å². The van der Waals surface area contributed by atoms with Crippen molar-refractivity contribution >= 4 is 40.9 Å². The minimum atomic E-state index is -0.470. The predicted molar refractivity (Wildman–Crippen MR) is 91.0 cm³/mol. The van der Waals surface area contributed by atoms with Gasteiger partial charge in [0.25, 0.3) is 0 Å². The summed E-state index contributed by atoms with van der Waals surface area (Å²) < 4.78 is 23.1. The minimum Gasteiger partial charge on any atom is -0.465 e. The molecule has 1 heterocycles. The van der Waals surface area contributed by atoms with Crippen molar-refractivity contribution in [3.05, 3.63) is 52.2 Å². The number of hydrogen-bond donors (Lipinski definition) is 1. The lowest BCUT2D eigenvalue weighted by molar-refractivity contribution is -0.113. The van der Waals surface area contributed by atoms with Gasteiger partial charge in [0, 0.05) is 0 Å². The molecule has 1 aromatic heterocycles. The first kappa shape index (κ1) is 18.4. The van der Waals surface area contributed by atoms with Crippen LogP contribution in [0.2, 0.25) is 5.02 Å². The van der Waals surface area contributed by atoms with Gasteiger partial charge in [0.2, 0.25) is 5.91 Å². The summed E-state index contributed by atoms with van der Waals surface area (Å²) in [5.41, 5.74) is 0.723. The number of carbonyl (C=O) groups is 2. The molecule has 0 aliphatic rings. The van der Waals surface area contributed by atoms with Gasteiger partial charge in [-0.05, 0) is 31.2 Å². The number of furan rings is 1. The van der Waals surface area contributed by atoms with E-state index < -0.39 is 11.8 Å². The van der Waals surface area contributed by atoms with E-state index in [0.29, 0.717) is 28.5 Å². The van der Waals surface area contributed by atoms with Gasteiger partial charge in [0.15, 0.2) is 0 Å². The number of amides is 1. The largest absolute Gasteiger partial charge is 0.465 e. The Morgan fingerprint density at radius 3 is 2.79 bits per heavy atom. The summed E-state index contributed by atoms with van der Waals surface area (Å²) in [5, 5.41) is 2.74. The molecule has 0 radical (unpaired) electrons. The fourth-order valence-corrected chi connectivity index (χ4v) is 2.87. The number of aryl methyl sites for hydroxylation is 1. The Hall–Kier alpha value is -1.99. The van der Waals surface area contributed by atoms with Crippen molar-refractivity contribution in [2.24, 2.45) is 0 Å². The van der Waals surface area contributed by atoms with Crippen molar-refractivity contribution in [2.45, 2.75) is 12.7 Å². The number of halogens is 2. The van der Waals surface area contributed by atoms with E-state index >= 15 is 0 Å². The number of benzene rings is 1. The van der Waals surface area contributed by atoms with Crippen LogP contribution in [0, 0.1) is 12.7 Å². The van der Waals surface area contributed by atoms with Crippen molar-refractivity contribution in [1.29, 1.82) is 0 Å². The van der Waals surface area contributed by atoms with Gasteiger partial charge >= 0.3 is 5.97 Å². The topological polar surface area (TPSA) is 68.5 Å². The zero-order valence-corrected chi connectivity index (χ0v) is 14.6. The molecule has 0 unspecified atom stereocenters. The third-order valence-corrected chi connectivity index (χ3v) is 4.32. The van der Waals surface area contributed by atoms with Crippen LogP contribution >= 0.6 is 23.4 Å². The van der Waals surface area contributed by atoms with Gasteiger partial charge in [-0.3, -0.25) is 4.79 Å². The van der Waals surface area contributed by atoms with Crippen LogP contribution < -0.4 is 5.32 Å². The summed E-state index contributed by atoms with van der Waals surface area (Å²) in [6.45, 7) is 1.67. The molecule has 24 heavy (non-hydrogen) atoms. The van der Waals surface area contributed by atoms with Gasteiger partial charge < -0.3 is 14.5 Å². The first-order chi connectivity index (χ1) is 11.4. The molecular weight excluding hydrogens is 357 g/mol. The summed E-state index contributed by atoms with van der Waals surface area (Å²) in [5.74, 6) is 0.414. The Bertz CT molecular complexity index is 763. The highest BCUT2D eigenvalue weighted by Crippen LogP contribution is 2.23. The Balaban J connectivity index is 1.85. The normalized spacial score (nSPS) is 10.5. The molecule has 1 aromatic carbocycles. The van der Waals surface area contributed by atoms with Crippen LogP contribution in [0.3, 0.4) is 0 Å². The molecule has 128 valence electrons. The number of hydrogen-bond acceptors (Lipinski definition) is 5. The van der Waals surface area contributed by atoms with Crippen LogP contribution in [-0.4, -0.2) is 24.7 Å². The van der Waals surface area contributed by atoms with Crippen LogP contribution in [0.5, 0.6) is 0 Å². The molecule has 1 amide bonds. The summed E-state index contributed by atoms with van der Waals surface area (Å²) >= 11 is 7.16. The van der Waals surface area contributed by atoms with Crippen LogP contribution in [0.15, 0.2) is 28.7 Å². The van der Waals surface area contributed by atoms with E-state index in [0.717, 1.165) is 6.07 Å². The maximum absolute atomic E-state index is 12.9. The van der Waals surface area contributed by atoms with Crippen LogP contribution in [0.1, 0.15) is 21.9 Å². The lowest BCUT2D eigenvalue weighted by Crippen LogP contribution is -2.14. The van der Waals surface area contributed by atoms with E-state index in [9.17, 15) is 14.0 Å². The van der Waals surface area contributed by atoms with Gasteiger partial charge in [-0.15, -0.1) is 11.8 Å². The number of carbonyl (C=O) groups excluding carboxylic acids is 2. The molecule has 0 aliphatic heterocycles. The zero-order valence-electron chi connectivity index (χ0n) is 13.0. The number of rotatable bonds is 6. The lowest BCUT2D eigenvalue weighted by Gasteiger charge is -2.06. The molecule has 2 rings (SSSR count). The number of nitrogens with one attached hydrogen (secondary N) is 1. The number of anilines is 1. The predicted octanol–water partition coefficient (Wildman–Crippen LogP) is 4.04. The van der Waals surface area contributed by atoms with Crippen molar-refractivity contribution in [2.75, 3.05) is 18.2 Å². The Labute approximate surface area is 147 Å². The molecule has 1 N–H and O–H groups in total. The number of ether oxygens (including phenoxy) is 1. The zero-order chi connectivity index (χ0) is 17.7. The van der Waals surface area contributed by atoms with Crippen LogP contribution in [-0.2, 0) is 15.3 Å². The van der Waals surface area contributed by atoms with Gasteiger partial charge in [-0.2, -0.15) is 0 Å². The average Bonchev–Trinajstić information content (AvgIpc) is 2.90. The first-order valence-corrected chi connectivity index (χ1v) is 8.44. The molecule has 0 saturated carbocycles. The summed E-state index contributed by atoms with van der Waals surface area (Å²) in [4.78, 5) is 23.4. The van der Waals surface area contributed by atoms with Gasteiger partial charge in [-0.25, -0.2) is 9.18 Å². The second-order valence-electron chi connectivity index (χ2n) is 4.84. The highest BCUT2D eigenvalue weighted by atomic mass is 35.5. The second kappa shape index (κ2) is 8.21. The fourth-order valence-electron chi connectivity index (χ4n) is 1.95. The maximum Gasteiger partial charge on any atom is 0.341 e. The molecule has 0 fully saturated rings. The van der Waals surface area contributed by atoms with E-state index in [1.54, 1.807) is 13.0 Å². The molecule has 0 aliphatic carbocycles. The molecule has 0 spiro atoms. The molecule has 0 bridgehead atoms. The summed E-state index contributed by atoms with van der Waals surface area (Å²) in [7, 11) is 1.30. The molecular formula is C16H15ClFNO4S. The van der Waals surface area contributed by atoms with Crippen molar-refractivity contribution in [3.63, 3.8) is 0 Å². The molecule has 0 saturated heterocycles. The van der Waals surface area contributed by atoms with E-state index in [2.05, 4.69) is 10.1 Å². The van der Waals surface area contributed by atoms with Crippen LogP contribution in [0.25, 0.3) is 0 Å². The SMILES string of the molecule is COC(=O)c1cc(CSCC(=O)Nc2ccc(F)cc2Cl)oc1C. The number of methoxy groups -OCH3 is 1. The third-order valence-electron chi connectivity index (χ3n) is 3.06. The smallest absolute Gasteiger partial charge is 0.341 e. The fraction of sp³-hybridized carbons (Fsp3) is 0.250. The molecule has 0 atom stereocenters. The number of thioether (sulfide) groups is 1. The standard InChI is InChI=1S/C16H15ClFNO4S/c1-9-12(16(21)22-2)6-11(23-9)7-24-8-15(20)19-14-4-3-10(18)5-13(14)17/h3-6H,7-8H2,1-2H3,(H,19,20). The highest BCUT2D eigenvalue weighted by Gasteiger charge is 2.15. The van der Waals surface area contributed by atoms with Crippen molar-refractivity contribution < 1.29 is 23.1 Å². The lowest BCUT2D eigenvalue weighted by atomic mass is 10.2. The first-order valence-electron chi connectivity index (χ1n) is 6.91. The maximum atomic E-state index is 12.9. The van der Waals surface area contributed by atoms with Gasteiger partial charge in [0.05, 0.1) is 29.3 Å². The summed E-state index contributed by atoms with van der Waals surface area (Å²) in [6, 6.07) is 5.35. The Morgan fingerprint density at radius 2 is 2.12 bits per heavy atom. The van der Waals surface area contributed by atoms with Crippen molar-refractivity contribution in [3.8, 4) is 0 Å². The third kappa shape index (κ3) is 4.75. The Kier molecular flexibility index (Phi) is 6.28. The van der Waals surface area contributed by atoms with Gasteiger partial charge in [0.1, 0.15) is 22.9 Å². The monoisotopic (exact) mass is 371 g/mol. The average molecular weight is 372 g/mol. The minimum absolute atomic E-state index is 0.137. The second-order valence-corrected chi connectivity index (χ2v) is 6.23. The molecule has 2 aromatic rings. The van der Waals surface area contributed by atoms with E-state index in [1.807, 2.05) is 0 Å². The van der Waals surface area contributed by atoms with Gasteiger partial charge in [-0.1, -0.05) is 11.6 Å². The van der Waals surface area contributed by atoms with Crippen LogP contribution in [0.4, 0.5) is 10.1 Å². The summed E-state index contributed by atoms with van der Waals surface area (Å²) in [6.07, 6.45) is 0. The quantitative estimate of drug-likeness (QED) is 0.776. The van der Waals surface area contributed by atoms with E-state index in [-0.39, 0.29) is 16.7 Å². The number of esters is 1. The van der Waals surface area contributed by atoms with E-state index in [4.69, 9.17) is 16.0 Å². The molecule has 8 heteroatoms. The Morgan fingerprint density at radius 1 is 1.38 bits per heavy atom. The van der Waals surface area contributed by atoms with E-state index in [1.165, 1.54) is 31.0 Å². The molecule has 5 nitrogen and oxygen atoms in total. The highest BCUT2D eigenvalue weighted by molar-refractivity contribution is 7.99.